The van der Waals surface area contributed by atoms with Crippen molar-refractivity contribution >= 4 is 22.3 Å². The lowest BCUT2D eigenvalue weighted by Crippen LogP contribution is -2.32. The Morgan fingerprint density at radius 3 is 2.95 bits per heavy atom. The summed E-state index contributed by atoms with van der Waals surface area (Å²) in [6, 6.07) is 3.40. The highest BCUT2D eigenvalue weighted by molar-refractivity contribution is 5.88. The molecule has 1 aliphatic carbocycles. The number of benzene rings is 1. The number of aliphatic hydroxyl groups is 1. The molecular formula is C15H20N4O2. The zero-order valence-electron chi connectivity index (χ0n) is 11.8. The average molecular weight is 288 g/mol. The molecule has 0 bridgehead atoms. The minimum atomic E-state index is -0.366. The Morgan fingerprint density at radius 1 is 1.29 bits per heavy atom. The Hall–Kier alpha value is -2.08. The topological polar surface area (TPSA) is 104 Å². The van der Waals surface area contributed by atoms with Crippen LogP contribution in [0.2, 0.25) is 0 Å². The van der Waals surface area contributed by atoms with Crippen LogP contribution in [-0.2, 0) is 0 Å². The molecule has 0 spiro atoms. The Balaban J connectivity index is 1.93. The van der Waals surface area contributed by atoms with E-state index < -0.39 is 0 Å². The lowest BCUT2D eigenvalue weighted by Gasteiger charge is -2.24. The summed E-state index contributed by atoms with van der Waals surface area (Å²) >= 11 is 0. The van der Waals surface area contributed by atoms with Crippen molar-refractivity contribution in [2.24, 2.45) is 0 Å². The molecule has 0 saturated heterocycles. The van der Waals surface area contributed by atoms with E-state index in [0.29, 0.717) is 16.6 Å². The largest absolute Gasteiger partial charge is 0.397 e. The molecule has 3 rings (SSSR count). The zero-order valence-corrected chi connectivity index (χ0v) is 11.8. The van der Waals surface area contributed by atoms with Crippen molar-refractivity contribution in [3.05, 3.63) is 28.8 Å². The predicted octanol–water partition coefficient (Wildman–Crippen LogP) is 1.61. The summed E-state index contributed by atoms with van der Waals surface area (Å²) in [6.07, 6.45) is 6.05. The monoisotopic (exact) mass is 288 g/mol. The van der Waals surface area contributed by atoms with Crippen LogP contribution in [0.3, 0.4) is 0 Å². The number of aliphatic hydroxyl groups excluding tert-OH is 1. The Bertz CT molecular complexity index is 698. The second-order valence-electron chi connectivity index (χ2n) is 5.64. The third-order valence-corrected chi connectivity index (χ3v) is 4.13. The van der Waals surface area contributed by atoms with Gasteiger partial charge in [-0.1, -0.05) is 19.3 Å². The number of anilines is 2. The number of fused-ring (bicyclic) bond motifs is 1. The van der Waals surface area contributed by atoms with Gasteiger partial charge in [-0.15, -0.1) is 0 Å². The maximum absolute atomic E-state index is 11.7. The van der Waals surface area contributed by atoms with Crippen molar-refractivity contribution in [3.8, 4) is 0 Å². The molecule has 2 aromatic rings. The van der Waals surface area contributed by atoms with Gasteiger partial charge in [0.15, 0.2) is 0 Å². The minimum Gasteiger partial charge on any atom is -0.397 e. The van der Waals surface area contributed by atoms with E-state index in [1.807, 2.05) is 0 Å². The molecule has 112 valence electrons. The van der Waals surface area contributed by atoms with Crippen molar-refractivity contribution in [2.75, 3.05) is 11.1 Å². The van der Waals surface area contributed by atoms with E-state index in [4.69, 9.17) is 5.73 Å². The summed E-state index contributed by atoms with van der Waals surface area (Å²) < 4.78 is 0. The Labute approximate surface area is 122 Å². The molecule has 1 aliphatic rings. The van der Waals surface area contributed by atoms with Gasteiger partial charge < -0.3 is 21.1 Å². The number of H-pyrrole nitrogens is 1. The van der Waals surface area contributed by atoms with Crippen LogP contribution in [0.15, 0.2) is 23.3 Å². The molecule has 6 nitrogen and oxygen atoms in total. The maximum Gasteiger partial charge on any atom is 0.258 e. The van der Waals surface area contributed by atoms with E-state index in [1.54, 1.807) is 12.1 Å². The molecule has 1 aromatic carbocycles. The van der Waals surface area contributed by atoms with Crippen LogP contribution >= 0.6 is 0 Å². The Kier molecular flexibility index (Phi) is 3.79. The minimum absolute atomic E-state index is 0.00533. The third-order valence-electron chi connectivity index (χ3n) is 4.13. The molecule has 1 saturated carbocycles. The van der Waals surface area contributed by atoms with Gasteiger partial charge in [0.05, 0.1) is 40.8 Å². The van der Waals surface area contributed by atoms with Gasteiger partial charge in [-0.3, -0.25) is 4.79 Å². The number of aromatic nitrogens is 2. The number of hydrogen-bond acceptors (Lipinski definition) is 5. The first-order valence-corrected chi connectivity index (χ1v) is 7.36. The van der Waals surface area contributed by atoms with Gasteiger partial charge >= 0.3 is 0 Å². The highest BCUT2D eigenvalue weighted by Gasteiger charge is 2.22. The molecule has 2 unspecified atom stereocenters. The summed E-state index contributed by atoms with van der Waals surface area (Å²) in [7, 11) is 0. The zero-order chi connectivity index (χ0) is 14.8. The van der Waals surface area contributed by atoms with Crippen molar-refractivity contribution in [1.29, 1.82) is 0 Å². The van der Waals surface area contributed by atoms with Crippen LogP contribution in [0.4, 0.5) is 11.4 Å². The molecule has 5 N–H and O–H groups in total. The van der Waals surface area contributed by atoms with Gasteiger partial charge in [0.25, 0.3) is 5.56 Å². The number of hydrogen-bond donors (Lipinski definition) is 4. The first kappa shape index (κ1) is 13.9. The Morgan fingerprint density at radius 2 is 2.10 bits per heavy atom. The molecule has 21 heavy (non-hydrogen) atoms. The normalized spacial score (nSPS) is 22.9. The molecule has 1 fully saturated rings. The predicted molar refractivity (Wildman–Crippen MR) is 83.3 cm³/mol. The van der Waals surface area contributed by atoms with Crippen LogP contribution in [0.1, 0.15) is 32.1 Å². The summed E-state index contributed by atoms with van der Waals surface area (Å²) in [4.78, 5) is 18.4. The molecule has 1 aromatic heterocycles. The number of nitrogens with two attached hydrogens (primary N) is 1. The van der Waals surface area contributed by atoms with Crippen molar-refractivity contribution in [2.45, 2.75) is 44.2 Å². The van der Waals surface area contributed by atoms with Crippen LogP contribution in [0, 0.1) is 0 Å². The fourth-order valence-corrected chi connectivity index (χ4v) is 2.91. The summed E-state index contributed by atoms with van der Waals surface area (Å²) in [5.41, 5.74) is 7.65. The SMILES string of the molecule is Nc1cc2c(=O)[nH]cnc2cc1NC1CCCCCC1O. The third kappa shape index (κ3) is 2.85. The lowest BCUT2D eigenvalue weighted by molar-refractivity contribution is 0.144. The smallest absolute Gasteiger partial charge is 0.258 e. The average Bonchev–Trinajstić information content (AvgIpc) is 2.66. The van der Waals surface area contributed by atoms with Crippen LogP contribution in [0.25, 0.3) is 10.9 Å². The van der Waals surface area contributed by atoms with Gasteiger partial charge in [-0.2, -0.15) is 0 Å². The number of rotatable bonds is 2. The molecular weight excluding hydrogens is 268 g/mol. The van der Waals surface area contributed by atoms with Crippen molar-refractivity contribution in [1.82, 2.24) is 9.97 Å². The van der Waals surface area contributed by atoms with E-state index in [1.165, 1.54) is 6.33 Å². The van der Waals surface area contributed by atoms with E-state index >= 15 is 0 Å². The summed E-state index contributed by atoms with van der Waals surface area (Å²) in [5, 5.41) is 14.0. The van der Waals surface area contributed by atoms with E-state index in [0.717, 1.165) is 37.8 Å². The fraction of sp³-hybridized carbons (Fsp3) is 0.467. The molecule has 0 amide bonds. The molecule has 0 radical (unpaired) electrons. The molecule has 2 atom stereocenters. The first-order chi connectivity index (χ1) is 10.1. The quantitative estimate of drug-likeness (QED) is 0.496. The van der Waals surface area contributed by atoms with E-state index in [2.05, 4.69) is 15.3 Å². The summed E-state index contributed by atoms with van der Waals surface area (Å²) in [6.45, 7) is 0. The van der Waals surface area contributed by atoms with Crippen molar-refractivity contribution < 1.29 is 5.11 Å². The van der Waals surface area contributed by atoms with Crippen LogP contribution in [-0.4, -0.2) is 27.2 Å². The lowest BCUT2D eigenvalue weighted by atomic mass is 10.1. The van der Waals surface area contributed by atoms with Crippen LogP contribution in [0.5, 0.6) is 0 Å². The number of aromatic amines is 1. The van der Waals surface area contributed by atoms with Gasteiger partial charge in [0.2, 0.25) is 0 Å². The standard InChI is InChI=1S/C15H20N4O2/c16-10-6-9-12(17-8-18-15(9)21)7-13(10)19-11-4-2-1-3-5-14(11)20/h6-8,11,14,19-20H,1-5,16H2,(H,17,18,21). The highest BCUT2D eigenvalue weighted by Crippen LogP contribution is 2.27. The second-order valence-corrected chi connectivity index (χ2v) is 5.64. The fourth-order valence-electron chi connectivity index (χ4n) is 2.91. The van der Waals surface area contributed by atoms with Gasteiger partial charge in [-0.05, 0) is 25.0 Å². The first-order valence-electron chi connectivity index (χ1n) is 7.36. The van der Waals surface area contributed by atoms with E-state index in [-0.39, 0.29) is 17.7 Å². The van der Waals surface area contributed by atoms with E-state index in [9.17, 15) is 9.90 Å². The number of nitrogens with one attached hydrogen (secondary N) is 2. The molecule has 1 heterocycles. The second kappa shape index (κ2) is 5.73. The van der Waals surface area contributed by atoms with Crippen molar-refractivity contribution in [3.63, 3.8) is 0 Å². The highest BCUT2D eigenvalue weighted by atomic mass is 16.3. The van der Waals surface area contributed by atoms with Gasteiger partial charge in [0.1, 0.15) is 0 Å². The van der Waals surface area contributed by atoms with Crippen LogP contribution < -0.4 is 16.6 Å². The molecule has 6 heteroatoms. The number of nitrogens with zero attached hydrogens (tertiary/aromatic N) is 1. The van der Waals surface area contributed by atoms with Gasteiger partial charge in [0, 0.05) is 0 Å². The summed E-state index contributed by atoms with van der Waals surface area (Å²) in [5.74, 6) is 0. The van der Waals surface area contributed by atoms with Gasteiger partial charge in [-0.25, -0.2) is 4.98 Å². The number of nitrogen functional groups attached to an aromatic ring is 1. The maximum atomic E-state index is 11.7. The molecule has 0 aliphatic heterocycles.